The summed E-state index contributed by atoms with van der Waals surface area (Å²) < 4.78 is 15.4. The van der Waals surface area contributed by atoms with Crippen LogP contribution in [0, 0.1) is 6.92 Å². The summed E-state index contributed by atoms with van der Waals surface area (Å²) in [5, 5.41) is 5.28. The van der Waals surface area contributed by atoms with Crippen molar-refractivity contribution in [2.24, 2.45) is 0 Å². The molecule has 1 saturated heterocycles. The fourth-order valence-electron chi connectivity index (χ4n) is 3.35. The number of esters is 1. The fraction of sp³-hybridized carbons (Fsp3) is 0.154. The lowest BCUT2D eigenvalue weighted by Crippen LogP contribution is -2.30. The number of amides is 4. The lowest BCUT2D eigenvalue weighted by atomic mass is 10.2. The third-order valence-corrected chi connectivity index (χ3v) is 5.22. The molecule has 10 heteroatoms. The third kappa shape index (κ3) is 5.79. The van der Waals surface area contributed by atoms with Gasteiger partial charge in [-0.25, -0.2) is 9.59 Å². The number of furan rings is 1. The van der Waals surface area contributed by atoms with Crippen molar-refractivity contribution in [3.8, 4) is 5.75 Å². The van der Waals surface area contributed by atoms with E-state index in [-0.39, 0.29) is 36.3 Å². The Morgan fingerprint density at radius 1 is 1.03 bits per heavy atom. The van der Waals surface area contributed by atoms with Crippen molar-refractivity contribution in [2.45, 2.75) is 13.5 Å². The van der Waals surface area contributed by atoms with Crippen molar-refractivity contribution in [3.63, 3.8) is 0 Å². The van der Waals surface area contributed by atoms with Crippen molar-refractivity contribution >= 4 is 35.6 Å². The summed E-state index contributed by atoms with van der Waals surface area (Å²) in [6.07, 6.45) is 1.52. The fourth-order valence-corrected chi connectivity index (χ4v) is 3.35. The Balaban J connectivity index is 1.33. The number of methoxy groups -OCH3 is 1. The van der Waals surface area contributed by atoms with Crippen LogP contribution < -0.4 is 15.4 Å². The van der Waals surface area contributed by atoms with Gasteiger partial charge in [0.15, 0.2) is 6.61 Å². The molecular weight excluding hydrogens is 466 g/mol. The maximum Gasteiger partial charge on any atom is 0.373 e. The molecule has 0 unspecified atom stereocenters. The monoisotopic (exact) mass is 489 g/mol. The van der Waals surface area contributed by atoms with E-state index in [2.05, 4.69) is 15.4 Å². The lowest BCUT2D eigenvalue weighted by molar-refractivity contribution is -0.123. The molecule has 36 heavy (non-hydrogen) atoms. The average Bonchev–Trinajstić information content (AvgIpc) is 3.45. The van der Waals surface area contributed by atoms with E-state index >= 15 is 0 Å². The maximum atomic E-state index is 12.7. The largest absolute Gasteiger partial charge is 0.484 e. The Hall–Kier alpha value is -4.86. The summed E-state index contributed by atoms with van der Waals surface area (Å²) in [7, 11) is 1.22. The predicted octanol–water partition coefficient (Wildman–Crippen LogP) is 3.49. The number of ether oxygens (including phenoxy) is 2. The van der Waals surface area contributed by atoms with Gasteiger partial charge < -0.3 is 24.5 Å². The molecule has 10 nitrogen and oxygen atoms in total. The van der Waals surface area contributed by atoms with E-state index in [1.54, 1.807) is 24.3 Å². The summed E-state index contributed by atoms with van der Waals surface area (Å²) >= 11 is 0. The number of benzene rings is 2. The van der Waals surface area contributed by atoms with E-state index in [9.17, 15) is 19.2 Å². The van der Waals surface area contributed by atoms with Crippen LogP contribution in [0.3, 0.4) is 0 Å². The maximum absolute atomic E-state index is 12.7. The standard InChI is InChI=1S/C26H23N3O7/c1-16-3-7-18(8-4-16)27-23(30)15-35-19-9-5-17(6-10-19)13-21-24(31)29(26(33)28-21)14-20-11-12-22(36-20)25(32)34-2/h3-13H,14-15H2,1-2H3,(H,27,30)(H,28,33)/b21-13-. The number of hydrogen-bond acceptors (Lipinski definition) is 7. The zero-order chi connectivity index (χ0) is 25.7. The van der Waals surface area contributed by atoms with Crippen molar-refractivity contribution in [1.29, 1.82) is 0 Å². The highest BCUT2D eigenvalue weighted by Crippen LogP contribution is 2.20. The van der Waals surface area contributed by atoms with Crippen LogP contribution in [0.4, 0.5) is 10.5 Å². The van der Waals surface area contributed by atoms with Crippen LogP contribution in [-0.4, -0.2) is 42.4 Å². The molecule has 0 aliphatic carbocycles. The zero-order valence-corrected chi connectivity index (χ0v) is 19.6. The molecule has 0 radical (unpaired) electrons. The van der Waals surface area contributed by atoms with Gasteiger partial charge in [0, 0.05) is 5.69 Å². The van der Waals surface area contributed by atoms with Crippen molar-refractivity contribution in [1.82, 2.24) is 10.2 Å². The van der Waals surface area contributed by atoms with Gasteiger partial charge in [-0.3, -0.25) is 14.5 Å². The van der Waals surface area contributed by atoms with Gasteiger partial charge in [-0.1, -0.05) is 29.8 Å². The highest BCUT2D eigenvalue weighted by molar-refractivity contribution is 6.13. The van der Waals surface area contributed by atoms with E-state index in [4.69, 9.17) is 9.15 Å². The molecule has 1 fully saturated rings. The van der Waals surface area contributed by atoms with E-state index in [1.807, 2.05) is 31.2 Å². The minimum absolute atomic E-state index is 0.0229. The van der Waals surface area contributed by atoms with Crippen molar-refractivity contribution < 1.29 is 33.1 Å². The first-order valence-corrected chi connectivity index (χ1v) is 10.9. The zero-order valence-electron chi connectivity index (χ0n) is 19.6. The minimum atomic E-state index is -0.654. The first-order chi connectivity index (χ1) is 17.3. The van der Waals surface area contributed by atoms with E-state index in [0.29, 0.717) is 17.0 Å². The minimum Gasteiger partial charge on any atom is -0.484 e. The number of nitrogens with one attached hydrogen (secondary N) is 2. The number of hydrogen-bond donors (Lipinski definition) is 2. The summed E-state index contributed by atoms with van der Waals surface area (Å²) in [5.41, 5.74) is 2.51. The molecule has 2 heterocycles. The van der Waals surface area contributed by atoms with Gasteiger partial charge in [0.1, 0.15) is 17.2 Å². The molecule has 1 aliphatic heterocycles. The van der Waals surface area contributed by atoms with Crippen LogP contribution in [0.5, 0.6) is 5.75 Å². The van der Waals surface area contributed by atoms with Crippen LogP contribution in [-0.2, 0) is 20.9 Å². The molecule has 2 N–H and O–H groups in total. The molecule has 0 spiro atoms. The SMILES string of the molecule is COC(=O)c1ccc(CN2C(=O)N/C(=C\c3ccc(OCC(=O)Nc4ccc(C)cc4)cc3)C2=O)o1. The molecule has 3 aromatic rings. The number of urea groups is 1. The van der Waals surface area contributed by atoms with E-state index in [0.717, 1.165) is 10.5 Å². The van der Waals surface area contributed by atoms with Crippen LogP contribution >= 0.6 is 0 Å². The van der Waals surface area contributed by atoms with Crippen LogP contribution in [0.2, 0.25) is 0 Å². The second-order valence-electron chi connectivity index (χ2n) is 7.91. The average molecular weight is 489 g/mol. The van der Waals surface area contributed by atoms with Crippen LogP contribution in [0.1, 0.15) is 27.4 Å². The number of anilines is 1. The van der Waals surface area contributed by atoms with Crippen molar-refractivity contribution in [2.75, 3.05) is 19.0 Å². The number of nitrogens with zero attached hydrogens (tertiary/aromatic N) is 1. The topological polar surface area (TPSA) is 127 Å². The first-order valence-electron chi connectivity index (χ1n) is 10.9. The molecule has 0 saturated carbocycles. The van der Waals surface area contributed by atoms with Gasteiger partial charge in [-0.15, -0.1) is 0 Å². The molecule has 4 amide bonds. The van der Waals surface area contributed by atoms with E-state index in [1.165, 1.54) is 25.3 Å². The molecule has 1 aromatic heterocycles. The molecule has 0 atom stereocenters. The highest BCUT2D eigenvalue weighted by Gasteiger charge is 2.34. The second-order valence-corrected chi connectivity index (χ2v) is 7.91. The predicted molar refractivity (Wildman–Crippen MR) is 129 cm³/mol. The van der Waals surface area contributed by atoms with Gasteiger partial charge >= 0.3 is 12.0 Å². The smallest absolute Gasteiger partial charge is 0.373 e. The lowest BCUT2D eigenvalue weighted by Gasteiger charge is -2.09. The molecule has 4 rings (SSSR count). The summed E-state index contributed by atoms with van der Waals surface area (Å²) in [6.45, 7) is 1.66. The molecule has 1 aliphatic rings. The Kier molecular flexibility index (Phi) is 7.15. The Morgan fingerprint density at radius 3 is 2.44 bits per heavy atom. The van der Waals surface area contributed by atoms with Gasteiger partial charge in [-0.2, -0.15) is 0 Å². The molecular formula is C26H23N3O7. The summed E-state index contributed by atoms with van der Waals surface area (Å²) in [5.74, 6) is -0.778. The Morgan fingerprint density at radius 2 is 1.75 bits per heavy atom. The number of carbonyl (C=O) groups excluding carboxylic acids is 4. The Bertz CT molecular complexity index is 1320. The van der Waals surface area contributed by atoms with Crippen LogP contribution in [0.15, 0.2) is 70.8 Å². The van der Waals surface area contributed by atoms with Gasteiger partial charge in [0.2, 0.25) is 5.76 Å². The highest BCUT2D eigenvalue weighted by atomic mass is 16.5. The van der Waals surface area contributed by atoms with E-state index < -0.39 is 17.9 Å². The van der Waals surface area contributed by atoms with Gasteiger partial charge in [-0.05, 0) is 55.0 Å². The van der Waals surface area contributed by atoms with Gasteiger partial charge in [0.25, 0.3) is 11.8 Å². The number of carbonyl (C=O) groups is 4. The summed E-state index contributed by atoms with van der Waals surface area (Å²) in [6, 6.07) is 16.4. The quantitative estimate of drug-likeness (QED) is 0.282. The van der Waals surface area contributed by atoms with Gasteiger partial charge in [0.05, 0.1) is 13.7 Å². The number of rotatable bonds is 8. The molecule has 0 bridgehead atoms. The normalized spacial score (nSPS) is 14.1. The molecule has 184 valence electrons. The Labute approximate surface area is 206 Å². The number of imide groups is 1. The third-order valence-electron chi connectivity index (χ3n) is 5.22. The van der Waals surface area contributed by atoms with Crippen LogP contribution in [0.25, 0.3) is 6.08 Å². The summed E-state index contributed by atoms with van der Waals surface area (Å²) in [4.78, 5) is 49.6. The first kappa shape index (κ1) is 24.3. The second kappa shape index (κ2) is 10.6. The van der Waals surface area contributed by atoms with Crippen molar-refractivity contribution in [3.05, 3.63) is 89.0 Å². The molecule has 2 aromatic carbocycles. The number of aryl methyl sites for hydroxylation is 1.